The van der Waals surface area contributed by atoms with Crippen LogP contribution < -0.4 is 10.5 Å². The Morgan fingerprint density at radius 1 is 1.29 bits per heavy atom. The molecule has 0 saturated carbocycles. The van der Waals surface area contributed by atoms with Gasteiger partial charge in [0.25, 0.3) is 0 Å². The Labute approximate surface area is 139 Å². The predicted octanol–water partition coefficient (Wildman–Crippen LogP) is 1.87. The van der Waals surface area contributed by atoms with Gasteiger partial charge in [0, 0.05) is 13.2 Å². The fraction of sp³-hybridized carbons (Fsp3) is 0.250. The van der Waals surface area contributed by atoms with E-state index in [-0.39, 0.29) is 4.90 Å². The second-order valence-electron chi connectivity index (χ2n) is 5.61. The van der Waals surface area contributed by atoms with Crippen molar-refractivity contribution in [3.63, 3.8) is 0 Å². The molecule has 0 amide bonds. The van der Waals surface area contributed by atoms with Gasteiger partial charge >= 0.3 is 5.76 Å². The molecule has 1 atom stereocenters. The molecule has 0 aliphatic carbocycles. The average molecular weight is 347 g/mol. The molecule has 3 aromatic rings. The van der Waals surface area contributed by atoms with E-state index in [1.807, 2.05) is 13.0 Å². The summed E-state index contributed by atoms with van der Waals surface area (Å²) in [4.78, 5) is 15.8. The number of rotatable bonds is 4. The first kappa shape index (κ1) is 16.4. The molecule has 7 nitrogen and oxygen atoms in total. The van der Waals surface area contributed by atoms with Crippen LogP contribution in [0.15, 0.2) is 50.6 Å². The van der Waals surface area contributed by atoms with Gasteiger partial charge in [0.05, 0.1) is 22.1 Å². The minimum absolute atomic E-state index is 0.0619. The van der Waals surface area contributed by atoms with Crippen molar-refractivity contribution >= 4 is 21.1 Å². The zero-order chi connectivity index (χ0) is 17.5. The molecule has 0 bridgehead atoms. The second kappa shape index (κ2) is 5.88. The fourth-order valence-corrected chi connectivity index (χ4v) is 3.81. The summed E-state index contributed by atoms with van der Waals surface area (Å²) in [5.74, 6) is -0.537. The highest BCUT2D eigenvalue weighted by Crippen LogP contribution is 2.21. The van der Waals surface area contributed by atoms with E-state index in [0.717, 1.165) is 5.56 Å². The molecular weight excluding hydrogens is 330 g/mol. The van der Waals surface area contributed by atoms with Crippen LogP contribution in [0.25, 0.3) is 11.1 Å². The van der Waals surface area contributed by atoms with E-state index in [2.05, 4.69) is 9.71 Å². The van der Waals surface area contributed by atoms with Crippen molar-refractivity contribution < 1.29 is 12.8 Å². The molecule has 0 spiro atoms. The maximum absolute atomic E-state index is 12.6. The van der Waals surface area contributed by atoms with Crippen molar-refractivity contribution in [2.75, 3.05) is 0 Å². The first-order valence-electron chi connectivity index (χ1n) is 7.33. The van der Waals surface area contributed by atoms with Crippen molar-refractivity contribution in [2.45, 2.75) is 24.8 Å². The van der Waals surface area contributed by atoms with Crippen molar-refractivity contribution in [3.8, 4) is 0 Å². The topological polar surface area (TPSA) is 94.2 Å². The SMILES string of the molecule is Cc1cccnc1[C@H](C)NS(=O)(=O)c1ccc2oc(=O)n(C)c2c1. The Hall–Kier alpha value is -2.45. The van der Waals surface area contributed by atoms with Gasteiger partial charge in [-0.15, -0.1) is 0 Å². The molecule has 8 heteroatoms. The molecule has 0 unspecified atom stereocenters. The van der Waals surface area contributed by atoms with Crippen LogP contribution in [0.5, 0.6) is 0 Å². The van der Waals surface area contributed by atoms with E-state index in [0.29, 0.717) is 16.8 Å². The maximum atomic E-state index is 12.6. The van der Waals surface area contributed by atoms with E-state index in [9.17, 15) is 13.2 Å². The number of hydrogen-bond acceptors (Lipinski definition) is 5. The number of hydrogen-bond donors (Lipinski definition) is 1. The lowest BCUT2D eigenvalue weighted by molar-refractivity contribution is 0.528. The lowest BCUT2D eigenvalue weighted by Crippen LogP contribution is -2.28. The van der Waals surface area contributed by atoms with Gasteiger partial charge in [-0.05, 0) is 43.7 Å². The van der Waals surface area contributed by atoms with Crippen LogP contribution in [0.4, 0.5) is 0 Å². The number of nitrogens with zero attached hydrogens (tertiary/aromatic N) is 2. The van der Waals surface area contributed by atoms with Crippen LogP contribution in [0.2, 0.25) is 0 Å². The number of nitrogens with one attached hydrogen (secondary N) is 1. The smallest absolute Gasteiger partial charge is 0.408 e. The molecule has 0 saturated heterocycles. The van der Waals surface area contributed by atoms with Crippen molar-refractivity contribution in [1.29, 1.82) is 0 Å². The number of pyridine rings is 1. The molecule has 126 valence electrons. The summed E-state index contributed by atoms with van der Waals surface area (Å²) in [6.45, 7) is 3.61. The van der Waals surface area contributed by atoms with Gasteiger partial charge in [0.1, 0.15) is 0 Å². The first-order valence-corrected chi connectivity index (χ1v) is 8.81. The van der Waals surface area contributed by atoms with Crippen LogP contribution in [-0.2, 0) is 17.1 Å². The molecule has 1 N–H and O–H groups in total. The van der Waals surface area contributed by atoms with Crippen molar-refractivity contribution in [1.82, 2.24) is 14.3 Å². The number of aryl methyl sites for hydroxylation is 2. The molecule has 24 heavy (non-hydrogen) atoms. The standard InChI is InChI=1S/C16H17N3O4S/c1-10-5-4-8-17-15(10)11(2)18-24(21,22)12-6-7-14-13(9-12)19(3)16(20)23-14/h4-9,11,18H,1-3H3/t11-/m0/s1. The summed E-state index contributed by atoms with van der Waals surface area (Å²) >= 11 is 0. The van der Waals surface area contributed by atoms with Crippen LogP contribution in [0.3, 0.4) is 0 Å². The summed E-state index contributed by atoms with van der Waals surface area (Å²) in [6.07, 6.45) is 1.63. The van der Waals surface area contributed by atoms with Gasteiger partial charge in [-0.2, -0.15) is 0 Å². The van der Waals surface area contributed by atoms with E-state index >= 15 is 0 Å². The summed E-state index contributed by atoms with van der Waals surface area (Å²) < 4.78 is 34.2. The van der Waals surface area contributed by atoms with Crippen molar-refractivity contribution in [3.05, 3.63) is 58.3 Å². The number of aromatic nitrogens is 2. The van der Waals surface area contributed by atoms with E-state index < -0.39 is 21.8 Å². The molecular formula is C16H17N3O4S. The van der Waals surface area contributed by atoms with Gasteiger partial charge in [-0.3, -0.25) is 9.55 Å². The number of benzene rings is 1. The normalized spacial score (nSPS) is 13.3. The molecule has 0 aliphatic heterocycles. The van der Waals surface area contributed by atoms with Gasteiger partial charge < -0.3 is 4.42 Å². The van der Waals surface area contributed by atoms with Gasteiger partial charge in [0.2, 0.25) is 10.0 Å². The Morgan fingerprint density at radius 3 is 2.75 bits per heavy atom. The molecule has 0 fully saturated rings. The zero-order valence-electron chi connectivity index (χ0n) is 13.5. The lowest BCUT2D eigenvalue weighted by atomic mass is 10.1. The maximum Gasteiger partial charge on any atom is 0.419 e. The fourth-order valence-electron chi connectivity index (χ4n) is 2.58. The molecule has 3 rings (SSSR count). The van der Waals surface area contributed by atoms with Gasteiger partial charge in [-0.25, -0.2) is 17.9 Å². The van der Waals surface area contributed by atoms with E-state index in [1.54, 1.807) is 19.2 Å². The highest BCUT2D eigenvalue weighted by Gasteiger charge is 2.21. The van der Waals surface area contributed by atoms with Gasteiger partial charge in [-0.1, -0.05) is 6.07 Å². The van der Waals surface area contributed by atoms with Crippen LogP contribution in [0, 0.1) is 6.92 Å². The third kappa shape index (κ3) is 2.85. The Bertz CT molecular complexity index is 1070. The second-order valence-corrected chi connectivity index (χ2v) is 7.32. The number of fused-ring (bicyclic) bond motifs is 1. The van der Waals surface area contributed by atoms with Gasteiger partial charge in [0.15, 0.2) is 5.58 Å². The van der Waals surface area contributed by atoms with E-state index in [4.69, 9.17) is 4.42 Å². The van der Waals surface area contributed by atoms with Crippen molar-refractivity contribution in [2.24, 2.45) is 7.05 Å². The minimum Gasteiger partial charge on any atom is -0.408 e. The summed E-state index contributed by atoms with van der Waals surface area (Å²) in [5, 5.41) is 0. The first-order chi connectivity index (χ1) is 11.3. The largest absolute Gasteiger partial charge is 0.419 e. The monoisotopic (exact) mass is 347 g/mol. The van der Waals surface area contributed by atoms with Crippen LogP contribution >= 0.6 is 0 Å². The minimum atomic E-state index is -3.77. The average Bonchev–Trinajstić information content (AvgIpc) is 2.81. The molecule has 0 radical (unpaired) electrons. The molecule has 2 heterocycles. The third-order valence-electron chi connectivity index (χ3n) is 3.87. The summed E-state index contributed by atoms with van der Waals surface area (Å²) in [5.41, 5.74) is 2.33. The molecule has 2 aromatic heterocycles. The molecule has 0 aliphatic rings. The molecule has 1 aromatic carbocycles. The highest BCUT2D eigenvalue weighted by molar-refractivity contribution is 7.89. The summed E-state index contributed by atoms with van der Waals surface area (Å²) in [7, 11) is -2.24. The number of oxazole rings is 1. The predicted molar refractivity (Wildman–Crippen MR) is 89.2 cm³/mol. The lowest BCUT2D eigenvalue weighted by Gasteiger charge is -2.15. The zero-order valence-corrected chi connectivity index (χ0v) is 14.3. The highest BCUT2D eigenvalue weighted by atomic mass is 32.2. The Balaban J connectivity index is 1.97. The Morgan fingerprint density at radius 2 is 2.04 bits per heavy atom. The van der Waals surface area contributed by atoms with E-state index in [1.165, 1.54) is 29.8 Å². The van der Waals surface area contributed by atoms with Crippen LogP contribution in [-0.4, -0.2) is 18.0 Å². The Kier molecular flexibility index (Phi) is 4.02. The van der Waals surface area contributed by atoms with Crippen LogP contribution in [0.1, 0.15) is 24.2 Å². The number of sulfonamides is 1. The summed E-state index contributed by atoms with van der Waals surface area (Å²) in [6, 6.07) is 7.49. The quantitative estimate of drug-likeness (QED) is 0.777. The third-order valence-corrected chi connectivity index (χ3v) is 5.40.